The lowest BCUT2D eigenvalue weighted by atomic mass is 10.0. The van der Waals surface area contributed by atoms with E-state index in [1.54, 1.807) is 6.07 Å². The molecule has 0 spiro atoms. The van der Waals surface area contributed by atoms with Crippen LogP contribution < -0.4 is 5.32 Å². The molecule has 0 fully saturated rings. The molecule has 0 heterocycles. The van der Waals surface area contributed by atoms with Crippen LogP contribution in [0.2, 0.25) is 0 Å². The lowest BCUT2D eigenvalue weighted by Gasteiger charge is -2.18. The fraction of sp³-hybridized carbons (Fsp3) is 0.294. The number of phenols is 1. The Kier molecular flexibility index (Phi) is 3.79. The van der Waals surface area contributed by atoms with E-state index in [9.17, 15) is 5.11 Å². The van der Waals surface area contributed by atoms with Gasteiger partial charge in [0.1, 0.15) is 5.75 Å². The van der Waals surface area contributed by atoms with Crippen LogP contribution in [0.15, 0.2) is 36.4 Å². The molecule has 2 aromatic rings. The number of hydrogen-bond donors (Lipinski definition) is 2. The zero-order valence-corrected chi connectivity index (χ0v) is 12.0. The van der Waals surface area contributed by atoms with Crippen molar-refractivity contribution in [2.24, 2.45) is 0 Å². The molecule has 0 saturated carbocycles. The first-order chi connectivity index (χ1) is 8.95. The van der Waals surface area contributed by atoms with Gasteiger partial charge in [0.25, 0.3) is 0 Å². The minimum Gasteiger partial charge on any atom is -0.508 e. The van der Waals surface area contributed by atoms with Crippen LogP contribution in [0.1, 0.15) is 35.2 Å². The van der Waals surface area contributed by atoms with Crippen molar-refractivity contribution in [3.8, 4) is 5.75 Å². The van der Waals surface area contributed by atoms with Crippen molar-refractivity contribution in [1.29, 1.82) is 0 Å². The first-order valence-electron chi connectivity index (χ1n) is 6.60. The van der Waals surface area contributed by atoms with Gasteiger partial charge < -0.3 is 10.4 Å². The van der Waals surface area contributed by atoms with Gasteiger partial charge in [0.15, 0.2) is 0 Å². The third kappa shape index (κ3) is 3.28. The lowest BCUT2D eigenvalue weighted by molar-refractivity contribution is 0.465. The zero-order valence-electron chi connectivity index (χ0n) is 12.0. The largest absolute Gasteiger partial charge is 0.508 e. The molecule has 2 heteroatoms. The summed E-state index contributed by atoms with van der Waals surface area (Å²) in [6.07, 6.45) is 0. The smallest absolute Gasteiger partial charge is 0.121 e. The van der Waals surface area contributed by atoms with Crippen LogP contribution in [-0.4, -0.2) is 5.11 Å². The number of hydrogen-bond acceptors (Lipinski definition) is 2. The number of rotatable bonds is 3. The van der Waals surface area contributed by atoms with Crippen LogP contribution in [0.5, 0.6) is 5.75 Å². The molecule has 100 valence electrons. The Bertz CT molecular complexity index is 570. The van der Waals surface area contributed by atoms with Crippen LogP contribution in [0, 0.1) is 20.8 Å². The molecule has 0 aliphatic heterocycles. The second-order valence-electron chi connectivity index (χ2n) is 5.30. The van der Waals surface area contributed by atoms with Gasteiger partial charge in [-0.25, -0.2) is 0 Å². The van der Waals surface area contributed by atoms with Gasteiger partial charge in [0.05, 0.1) is 6.04 Å². The molecule has 0 radical (unpaired) electrons. The first-order valence-corrected chi connectivity index (χ1v) is 6.60. The van der Waals surface area contributed by atoms with Gasteiger partial charge in [-0.2, -0.15) is 0 Å². The van der Waals surface area contributed by atoms with E-state index in [1.165, 1.54) is 11.1 Å². The fourth-order valence-corrected chi connectivity index (χ4v) is 2.41. The average Bonchev–Trinajstić information content (AvgIpc) is 2.26. The minimum absolute atomic E-state index is 0.0711. The van der Waals surface area contributed by atoms with E-state index in [2.05, 4.69) is 44.3 Å². The minimum atomic E-state index is 0.0711. The van der Waals surface area contributed by atoms with E-state index in [1.807, 2.05) is 19.1 Å². The molecule has 2 nitrogen and oxygen atoms in total. The molecular formula is C17H21NO. The van der Waals surface area contributed by atoms with Gasteiger partial charge in [-0.3, -0.25) is 0 Å². The average molecular weight is 255 g/mol. The van der Waals surface area contributed by atoms with Gasteiger partial charge in [0.2, 0.25) is 0 Å². The van der Waals surface area contributed by atoms with Gasteiger partial charge >= 0.3 is 0 Å². The van der Waals surface area contributed by atoms with Crippen molar-refractivity contribution in [2.45, 2.75) is 33.7 Å². The number of anilines is 1. The molecule has 0 aliphatic rings. The highest BCUT2D eigenvalue weighted by molar-refractivity contribution is 5.51. The molecule has 2 rings (SSSR count). The second kappa shape index (κ2) is 5.35. The number of nitrogens with one attached hydrogen (secondary N) is 1. The highest BCUT2D eigenvalue weighted by Gasteiger charge is 2.10. The summed E-state index contributed by atoms with van der Waals surface area (Å²) in [5.74, 6) is 0.351. The van der Waals surface area contributed by atoms with E-state index < -0.39 is 0 Å². The number of aryl methyl sites for hydroxylation is 3. The Morgan fingerprint density at radius 2 is 1.53 bits per heavy atom. The topological polar surface area (TPSA) is 32.3 Å². The van der Waals surface area contributed by atoms with Crippen molar-refractivity contribution in [3.05, 3.63) is 58.7 Å². The zero-order chi connectivity index (χ0) is 14.0. The predicted octanol–water partition coefficient (Wildman–Crippen LogP) is 4.49. The third-order valence-corrected chi connectivity index (χ3v) is 3.26. The quantitative estimate of drug-likeness (QED) is 0.847. The summed E-state index contributed by atoms with van der Waals surface area (Å²) in [7, 11) is 0. The fourth-order valence-electron chi connectivity index (χ4n) is 2.41. The second-order valence-corrected chi connectivity index (χ2v) is 5.30. The van der Waals surface area contributed by atoms with Gasteiger partial charge in [-0.1, -0.05) is 18.2 Å². The molecule has 0 aliphatic carbocycles. The van der Waals surface area contributed by atoms with Crippen molar-refractivity contribution >= 4 is 5.69 Å². The maximum Gasteiger partial charge on any atom is 0.121 e. The Hall–Kier alpha value is -1.96. The summed E-state index contributed by atoms with van der Waals surface area (Å²) < 4.78 is 0. The molecule has 0 amide bonds. The van der Waals surface area contributed by atoms with Gasteiger partial charge in [0, 0.05) is 11.3 Å². The number of aromatic hydroxyl groups is 1. The highest BCUT2D eigenvalue weighted by atomic mass is 16.3. The molecule has 2 aromatic carbocycles. The summed E-state index contributed by atoms with van der Waals surface area (Å²) in [5, 5.41) is 13.4. The molecule has 0 saturated heterocycles. The summed E-state index contributed by atoms with van der Waals surface area (Å²) in [6, 6.07) is 12.3. The summed E-state index contributed by atoms with van der Waals surface area (Å²) in [5.41, 5.74) is 5.56. The van der Waals surface area contributed by atoms with E-state index in [-0.39, 0.29) is 6.04 Å². The van der Waals surface area contributed by atoms with Crippen LogP contribution in [-0.2, 0) is 0 Å². The molecule has 0 bridgehead atoms. The van der Waals surface area contributed by atoms with Crippen molar-refractivity contribution < 1.29 is 5.11 Å². The molecular weight excluding hydrogens is 234 g/mol. The molecule has 2 N–H and O–H groups in total. The number of benzene rings is 2. The van der Waals surface area contributed by atoms with E-state index in [4.69, 9.17) is 0 Å². The Labute approximate surface area is 115 Å². The molecule has 19 heavy (non-hydrogen) atoms. The van der Waals surface area contributed by atoms with Crippen LogP contribution in [0.25, 0.3) is 0 Å². The van der Waals surface area contributed by atoms with Crippen molar-refractivity contribution in [2.75, 3.05) is 5.32 Å². The normalized spacial score (nSPS) is 12.2. The van der Waals surface area contributed by atoms with Gasteiger partial charge in [-0.15, -0.1) is 0 Å². The van der Waals surface area contributed by atoms with Crippen LogP contribution in [0.3, 0.4) is 0 Å². The number of phenolic OH excluding ortho intramolecular Hbond substituents is 1. The Morgan fingerprint density at radius 3 is 2.11 bits per heavy atom. The van der Waals surface area contributed by atoms with E-state index >= 15 is 0 Å². The maximum absolute atomic E-state index is 10.0. The Balaban J connectivity index is 2.22. The highest BCUT2D eigenvalue weighted by Crippen LogP contribution is 2.28. The maximum atomic E-state index is 10.0. The van der Waals surface area contributed by atoms with E-state index in [0.717, 1.165) is 16.8 Å². The van der Waals surface area contributed by atoms with Crippen molar-refractivity contribution in [1.82, 2.24) is 0 Å². The van der Waals surface area contributed by atoms with Crippen LogP contribution >= 0.6 is 0 Å². The summed E-state index contributed by atoms with van der Waals surface area (Å²) in [4.78, 5) is 0. The van der Waals surface area contributed by atoms with Crippen LogP contribution in [0.4, 0.5) is 5.69 Å². The standard InChI is InChI=1S/C17H21NO/c1-11-5-6-16(17(19)10-11)14(4)18-15-8-12(2)7-13(3)9-15/h5-10,14,18-19H,1-4H3. The summed E-state index contributed by atoms with van der Waals surface area (Å²) in [6.45, 7) is 8.21. The Morgan fingerprint density at radius 1 is 0.895 bits per heavy atom. The van der Waals surface area contributed by atoms with E-state index in [0.29, 0.717) is 5.75 Å². The monoisotopic (exact) mass is 255 g/mol. The van der Waals surface area contributed by atoms with Crippen molar-refractivity contribution in [3.63, 3.8) is 0 Å². The molecule has 1 atom stereocenters. The summed E-state index contributed by atoms with van der Waals surface area (Å²) >= 11 is 0. The predicted molar refractivity (Wildman–Crippen MR) is 80.8 cm³/mol. The molecule has 1 unspecified atom stereocenters. The first kappa shape index (κ1) is 13.5. The third-order valence-electron chi connectivity index (χ3n) is 3.26. The SMILES string of the molecule is Cc1cc(C)cc(NC(C)c2ccc(C)cc2O)c1. The molecule has 0 aromatic heterocycles. The van der Waals surface area contributed by atoms with Gasteiger partial charge in [-0.05, 0) is 62.6 Å². The lowest BCUT2D eigenvalue weighted by Crippen LogP contribution is -2.07.